The van der Waals surface area contributed by atoms with Crippen molar-refractivity contribution in [2.75, 3.05) is 6.54 Å². The lowest BCUT2D eigenvalue weighted by Crippen LogP contribution is -2.36. The molecule has 2 atom stereocenters. The van der Waals surface area contributed by atoms with E-state index in [1.807, 2.05) is 13.8 Å². The third kappa shape index (κ3) is 12.7. The van der Waals surface area contributed by atoms with E-state index in [1.54, 1.807) is 12.1 Å². The average Bonchev–Trinajstić information content (AvgIpc) is 2.91. The van der Waals surface area contributed by atoms with Gasteiger partial charge in [-0.2, -0.15) is 13.2 Å². The molecular formula is C34H56F3NO. The van der Waals surface area contributed by atoms with E-state index in [-0.39, 0.29) is 11.7 Å². The first kappa shape index (κ1) is 33.7. The maximum absolute atomic E-state index is 12.5. The molecule has 2 nitrogen and oxygen atoms in total. The Morgan fingerprint density at radius 1 is 0.897 bits per heavy atom. The summed E-state index contributed by atoms with van der Waals surface area (Å²) in [5.41, 5.74) is 0.977. The monoisotopic (exact) mass is 551 g/mol. The SMILES string of the molecule is C=C(O)CC1CCCC(c2ccc(C(F)(F)F)cc2)C1.CC.CC1(C)CCC(NCCC2CCCCC2)CC1. The third-order valence-electron chi connectivity index (χ3n) is 9.07. The number of nitrogens with one attached hydrogen (secondary N) is 1. The Balaban J connectivity index is 0.000000260. The molecule has 0 bridgehead atoms. The summed E-state index contributed by atoms with van der Waals surface area (Å²) in [4.78, 5) is 0. The first-order chi connectivity index (χ1) is 18.5. The number of allylic oxidation sites excluding steroid dienone is 1. The molecule has 0 aromatic heterocycles. The van der Waals surface area contributed by atoms with Crippen LogP contribution in [0, 0.1) is 17.3 Å². The van der Waals surface area contributed by atoms with Crippen LogP contribution in [0.1, 0.15) is 141 Å². The summed E-state index contributed by atoms with van der Waals surface area (Å²) in [5, 5.41) is 13.1. The summed E-state index contributed by atoms with van der Waals surface area (Å²) >= 11 is 0. The van der Waals surface area contributed by atoms with E-state index in [2.05, 4.69) is 25.7 Å². The van der Waals surface area contributed by atoms with Crippen LogP contribution in [0.15, 0.2) is 36.6 Å². The summed E-state index contributed by atoms with van der Waals surface area (Å²) in [7, 11) is 0. The van der Waals surface area contributed by atoms with Crippen LogP contribution in [-0.4, -0.2) is 17.7 Å². The predicted octanol–water partition coefficient (Wildman–Crippen LogP) is 11.0. The molecule has 0 amide bonds. The molecule has 0 aliphatic heterocycles. The van der Waals surface area contributed by atoms with Gasteiger partial charge >= 0.3 is 6.18 Å². The number of alkyl halides is 3. The Morgan fingerprint density at radius 3 is 2.05 bits per heavy atom. The highest BCUT2D eigenvalue weighted by Gasteiger charge is 2.31. The van der Waals surface area contributed by atoms with Crippen molar-refractivity contribution in [3.05, 3.63) is 47.7 Å². The van der Waals surface area contributed by atoms with Gasteiger partial charge in [0.1, 0.15) is 0 Å². The van der Waals surface area contributed by atoms with E-state index >= 15 is 0 Å². The van der Waals surface area contributed by atoms with Crippen molar-refractivity contribution in [3.8, 4) is 0 Å². The van der Waals surface area contributed by atoms with E-state index in [0.29, 0.717) is 17.8 Å². The number of benzene rings is 1. The van der Waals surface area contributed by atoms with Crippen LogP contribution >= 0.6 is 0 Å². The number of aliphatic hydroxyl groups is 1. The minimum absolute atomic E-state index is 0.197. The fraction of sp³-hybridized carbons (Fsp3) is 0.765. The maximum atomic E-state index is 12.5. The Hall–Kier alpha value is -1.49. The summed E-state index contributed by atoms with van der Waals surface area (Å²) in [6.07, 6.45) is 14.8. The Kier molecular flexibility index (Phi) is 14.4. The predicted molar refractivity (Wildman–Crippen MR) is 159 cm³/mol. The second-order valence-corrected chi connectivity index (χ2v) is 12.8. The third-order valence-corrected chi connectivity index (χ3v) is 9.07. The van der Waals surface area contributed by atoms with Crippen LogP contribution < -0.4 is 5.32 Å². The minimum Gasteiger partial charge on any atom is -0.513 e. The Bertz CT molecular complexity index is 801. The Morgan fingerprint density at radius 2 is 1.49 bits per heavy atom. The van der Waals surface area contributed by atoms with Gasteiger partial charge in [-0.1, -0.05) is 84.9 Å². The van der Waals surface area contributed by atoms with Crippen molar-refractivity contribution < 1.29 is 18.3 Å². The van der Waals surface area contributed by atoms with E-state index < -0.39 is 11.7 Å². The van der Waals surface area contributed by atoms with Crippen molar-refractivity contribution in [2.24, 2.45) is 17.3 Å². The van der Waals surface area contributed by atoms with Gasteiger partial charge in [0, 0.05) is 12.5 Å². The molecule has 5 heteroatoms. The first-order valence-electron chi connectivity index (χ1n) is 15.8. The van der Waals surface area contributed by atoms with Gasteiger partial charge in [0.2, 0.25) is 0 Å². The van der Waals surface area contributed by atoms with Crippen molar-refractivity contribution in [3.63, 3.8) is 0 Å². The molecule has 1 aromatic carbocycles. The smallest absolute Gasteiger partial charge is 0.416 e. The van der Waals surface area contributed by atoms with Gasteiger partial charge in [0.25, 0.3) is 0 Å². The normalized spacial score (nSPS) is 24.1. The number of hydrogen-bond donors (Lipinski definition) is 2. The Labute approximate surface area is 237 Å². The summed E-state index contributed by atoms with van der Waals surface area (Å²) < 4.78 is 37.6. The lowest BCUT2D eigenvalue weighted by Gasteiger charge is -2.35. The molecule has 3 fully saturated rings. The number of aliphatic hydroxyl groups excluding tert-OH is 1. The van der Waals surface area contributed by atoms with Crippen molar-refractivity contribution in [1.29, 1.82) is 0 Å². The molecule has 3 saturated carbocycles. The quantitative estimate of drug-likeness (QED) is 0.330. The zero-order valence-corrected chi connectivity index (χ0v) is 25.2. The molecule has 4 rings (SSSR count). The van der Waals surface area contributed by atoms with E-state index in [0.717, 1.165) is 55.3 Å². The molecule has 3 aliphatic rings. The zero-order valence-electron chi connectivity index (χ0n) is 25.2. The van der Waals surface area contributed by atoms with Crippen molar-refractivity contribution in [1.82, 2.24) is 5.32 Å². The standard InChI is InChI=1S/C16H19F3O.C16H31N.C2H6/c1-11(20)9-12-3-2-4-14(10-12)13-5-7-15(8-6-13)16(17,18)19;1-16(2)11-8-15(9-12-16)17-13-10-14-6-4-3-5-7-14;1-2/h5-8,12,14,20H,1-4,9-10H2;14-15,17H,3-13H2,1-2H3;1-2H3. The number of rotatable bonds is 7. The molecule has 0 radical (unpaired) electrons. The van der Waals surface area contributed by atoms with E-state index in [9.17, 15) is 18.3 Å². The van der Waals surface area contributed by atoms with Gasteiger partial charge in [-0.05, 0) is 98.8 Å². The van der Waals surface area contributed by atoms with Crippen LogP contribution in [-0.2, 0) is 6.18 Å². The summed E-state index contributed by atoms with van der Waals surface area (Å²) in [6.45, 7) is 13.6. The molecule has 2 unspecified atom stereocenters. The molecule has 224 valence electrons. The van der Waals surface area contributed by atoms with E-state index in [4.69, 9.17) is 0 Å². The van der Waals surface area contributed by atoms with Crippen LogP contribution in [0.4, 0.5) is 13.2 Å². The molecule has 2 N–H and O–H groups in total. The maximum Gasteiger partial charge on any atom is 0.416 e. The largest absolute Gasteiger partial charge is 0.513 e. The van der Waals surface area contributed by atoms with Gasteiger partial charge in [-0.15, -0.1) is 0 Å². The molecule has 0 spiro atoms. The highest BCUT2D eigenvalue weighted by molar-refractivity contribution is 5.27. The molecular weight excluding hydrogens is 495 g/mol. The lowest BCUT2D eigenvalue weighted by molar-refractivity contribution is -0.137. The second-order valence-electron chi connectivity index (χ2n) is 12.8. The van der Waals surface area contributed by atoms with Gasteiger partial charge in [0.05, 0.1) is 11.3 Å². The summed E-state index contributed by atoms with van der Waals surface area (Å²) in [6, 6.07) is 6.31. The fourth-order valence-electron chi connectivity index (χ4n) is 6.63. The zero-order chi connectivity index (χ0) is 28.9. The van der Waals surface area contributed by atoms with Crippen molar-refractivity contribution in [2.45, 2.75) is 142 Å². The number of hydrogen-bond acceptors (Lipinski definition) is 2. The average molecular weight is 552 g/mol. The van der Waals surface area contributed by atoms with Gasteiger partial charge in [0.15, 0.2) is 0 Å². The molecule has 1 aromatic rings. The first-order valence-corrected chi connectivity index (χ1v) is 15.8. The van der Waals surface area contributed by atoms with Crippen LogP contribution in [0.2, 0.25) is 0 Å². The fourth-order valence-corrected chi connectivity index (χ4v) is 6.63. The van der Waals surface area contributed by atoms with Crippen LogP contribution in [0.3, 0.4) is 0 Å². The molecule has 3 aliphatic carbocycles. The van der Waals surface area contributed by atoms with Gasteiger partial charge < -0.3 is 10.4 Å². The van der Waals surface area contributed by atoms with Gasteiger partial charge in [-0.25, -0.2) is 0 Å². The highest BCUT2D eigenvalue weighted by atomic mass is 19.4. The second kappa shape index (κ2) is 16.7. The minimum atomic E-state index is -4.28. The topological polar surface area (TPSA) is 32.3 Å². The van der Waals surface area contributed by atoms with Crippen LogP contribution in [0.5, 0.6) is 0 Å². The van der Waals surface area contributed by atoms with Crippen LogP contribution in [0.25, 0.3) is 0 Å². The summed E-state index contributed by atoms with van der Waals surface area (Å²) in [5.74, 6) is 1.91. The molecule has 0 heterocycles. The molecule has 39 heavy (non-hydrogen) atoms. The van der Waals surface area contributed by atoms with Crippen molar-refractivity contribution >= 4 is 0 Å². The van der Waals surface area contributed by atoms with Gasteiger partial charge in [-0.3, -0.25) is 0 Å². The lowest BCUT2D eigenvalue weighted by atomic mass is 9.75. The van der Waals surface area contributed by atoms with E-state index in [1.165, 1.54) is 70.8 Å². The number of halogens is 3. The highest BCUT2D eigenvalue weighted by Crippen LogP contribution is 2.39. The molecule has 0 saturated heterocycles.